The van der Waals surface area contributed by atoms with Gasteiger partial charge in [-0.25, -0.2) is 4.98 Å². The minimum Gasteiger partial charge on any atom is -0.493 e. The van der Waals surface area contributed by atoms with Crippen LogP contribution in [-0.4, -0.2) is 37.2 Å². The molecule has 0 aliphatic heterocycles. The number of guanidine groups is 1. The van der Waals surface area contributed by atoms with Crippen molar-refractivity contribution in [1.82, 2.24) is 20.6 Å². The van der Waals surface area contributed by atoms with Crippen LogP contribution in [0.25, 0.3) is 11.3 Å². The molecule has 146 valence electrons. The van der Waals surface area contributed by atoms with Crippen LogP contribution < -0.4 is 20.1 Å². The molecular weight excluding hydrogens is 354 g/mol. The fourth-order valence-corrected chi connectivity index (χ4v) is 2.78. The molecule has 2 aromatic carbocycles. The number of hydrogen-bond donors (Lipinski definition) is 3. The minimum absolute atomic E-state index is 0.540. The molecule has 0 bridgehead atoms. The normalized spacial score (nSPS) is 11.2. The quantitative estimate of drug-likeness (QED) is 0.434. The number of imidazole rings is 1. The molecule has 0 atom stereocenters. The van der Waals surface area contributed by atoms with Crippen LogP contribution in [0.5, 0.6) is 11.5 Å². The van der Waals surface area contributed by atoms with Crippen LogP contribution in [0.4, 0.5) is 0 Å². The molecule has 0 spiro atoms. The van der Waals surface area contributed by atoms with E-state index in [9.17, 15) is 0 Å². The lowest BCUT2D eigenvalue weighted by molar-refractivity contribution is 0.354. The molecule has 0 aliphatic carbocycles. The van der Waals surface area contributed by atoms with Crippen molar-refractivity contribution in [2.24, 2.45) is 4.99 Å². The number of rotatable bonds is 7. The highest BCUT2D eigenvalue weighted by Gasteiger charge is 2.07. The first-order valence-electron chi connectivity index (χ1n) is 8.98. The number of hydrogen-bond acceptors (Lipinski definition) is 4. The zero-order valence-electron chi connectivity index (χ0n) is 16.3. The molecule has 3 N–H and O–H groups in total. The fourth-order valence-electron chi connectivity index (χ4n) is 2.78. The van der Waals surface area contributed by atoms with E-state index in [1.807, 2.05) is 54.7 Å². The predicted molar refractivity (Wildman–Crippen MR) is 111 cm³/mol. The van der Waals surface area contributed by atoms with Crippen LogP contribution in [0, 0.1) is 0 Å². The Hall–Kier alpha value is -3.48. The average Bonchev–Trinajstić information content (AvgIpc) is 3.23. The van der Waals surface area contributed by atoms with E-state index in [1.54, 1.807) is 21.3 Å². The van der Waals surface area contributed by atoms with Crippen molar-refractivity contribution in [3.05, 3.63) is 66.1 Å². The number of nitrogens with zero attached hydrogens (tertiary/aromatic N) is 2. The van der Waals surface area contributed by atoms with Crippen molar-refractivity contribution in [3.63, 3.8) is 0 Å². The SMILES string of the molecule is CN=C(NCc1ccc(OC)c(OC)c1)NCc1ncc(-c2ccccc2)[nH]1. The summed E-state index contributed by atoms with van der Waals surface area (Å²) < 4.78 is 10.6. The molecule has 3 rings (SSSR count). The number of ether oxygens (including phenoxy) is 2. The van der Waals surface area contributed by atoms with Crippen LogP contribution in [0.15, 0.2) is 59.7 Å². The standard InChI is InChI=1S/C21H25N5O2/c1-22-21(24-12-15-9-10-18(27-2)19(11-15)28-3)25-14-20-23-13-17(26-20)16-7-5-4-6-8-16/h4-11,13H,12,14H2,1-3H3,(H,23,26)(H2,22,24,25). The summed E-state index contributed by atoms with van der Waals surface area (Å²) in [6.45, 7) is 1.14. The maximum atomic E-state index is 5.34. The van der Waals surface area contributed by atoms with Crippen molar-refractivity contribution in [1.29, 1.82) is 0 Å². The van der Waals surface area contributed by atoms with Gasteiger partial charge in [-0.15, -0.1) is 0 Å². The van der Waals surface area contributed by atoms with E-state index in [-0.39, 0.29) is 0 Å². The van der Waals surface area contributed by atoms with Gasteiger partial charge in [-0.2, -0.15) is 0 Å². The van der Waals surface area contributed by atoms with Gasteiger partial charge in [0.2, 0.25) is 0 Å². The van der Waals surface area contributed by atoms with Gasteiger partial charge in [0.05, 0.1) is 32.7 Å². The Morgan fingerprint density at radius 3 is 2.46 bits per heavy atom. The van der Waals surface area contributed by atoms with Crippen LogP contribution >= 0.6 is 0 Å². The van der Waals surface area contributed by atoms with Gasteiger partial charge < -0.3 is 25.1 Å². The van der Waals surface area contributed by atoms with E-state index in [0.717, 1.165) is 22.6 Å². The van der Waals surface area contributed by atoms with Crippen molar-refractivity contribution in [2.45, 2.75) is 13.1 Å². The van der Waals surface area contributed by atoms with E-state index in [4.69, 9.17) is 9.47 Å². The maximum absolute atomic E-state index is 5.34. The van der Waals surface area contributed by atoms with Crippen molar-refractivity contribution >= 4 is 5.96 Å². The number of aromatic amines is 1. The number of aromatic nitrogens is 2. The fraction of sp³-hybridized carbons (Fsp3) is 0.238. The van der Waals surface area contributed by atoms with E-state index < -0.39 is 0 Å². The van der Waals surface area contributed by atoms with Gasteiger partial charge in [-0.3, -0.25) is 4.99 Å². The van der Waals surface area contributed by atoms with Gasteiger partial charge >= 0.3 is 0 Å². The molecule has 7 nitrogen and oxygen atoms in total. The monoisotopic (exact) mass is 379 g/mol. The summed E-state index contributed by atoms with van der Waals surface area (Å²) in [6, 6.07) is 15.9. The molecule has 0 fully saturated rings. The third kappa shape index (κ3) is 4.82. The van der Waals surface area contributed by atoms with Crippen molar-refractivity contribution in [3.8, 4) is 22.8 Å². The second-order valence-electron chi connectivity index (χ2n) is 6.08. The Morgan fingerprint density at radius 2 is 1.75 bits per heavy atom. The Kier molecular flexibility index (Phi) is 6.51. The average molecular weight is 379 g/mol. The molecule has 28 heavy (non-hydrogen) atoms. The number of methoxy groups -OCH3 is 2. The van der Waals surface area contributed by atoms with Crippen LogP contribution in [0.3, 0.4) is 0 Å². The summed E-state index contributed by atoms with van der Waals surface area (Å²) in [5.41, 5.74) is 3.16. The van der Waals surface area contributed by atoms with E-state index >= 15 is 0 Å². The summed E-state index contributed by atoms with van der Waals surface area (Å²) in [7, 11) is 4.99. The molecule has 1 heterocycles. The maximum Gasteiger partial charge on any atom is 0.191 e. The molecule has 0 aliphatic rings. The third-order valence-electron chi connectivity index (χ3n) is 4.27. The second-order valence-corrected chi connectivity index (χ2v) is 6.08. The highest BCUT2D eigenvalue weighted by Crippen LogP contribution is 2.27. The molecule has 0 saturated carbocycles. The summed E-state index contributed by atoms with van der Waals surface area (Å²) in [6.07, 6.45) is 1.84. The first-order chi connectivity index (χ1) is 13.7. The number of aliphatic imine (C=N–C) groups is 1. The van der Waals surface area contributed by atoms with Gasteiger partial charge in [0, 0.05) is 13.6 Å². The lowest BCUT2D eigenvalue weighted by atomic mass is 10.2. The summed E-state index contributed by atoms with van der Waals surface area (Å²) >= 11 is 0. The molecule has 7 heteroatoms. The van der Waals surface area contributed by atoms with Gasteiger partial charge in [-0.1, -0.05) is 36.4 Å². The molecule has 0 amide bonds. The molecular formula is C21H25N5O2. The summed E-state index contributed by atoms with van der Waals surface area (Å²) in [5.74, 6) is 2.94. The largest absolute Gasteiger partial charge is 0.493 e. The Balaban J connectivity index is 1.55. The second kappa shape index (κ2) is 9.45. The molecule has 1 aromatic heterocycles. The lowest BCUT2D eigenvalue weighted by Gasteiger charge is -2.13. The highest BCUT2D eigenvalue weighted by molar-refractivity contribution is 5.79. The van der Waals surface area contributed by atoms with E-state index in [2.05, 4.69) is 25.6 Å². The van der Waals surface area contributed by atoms with Crippen LogP contribution in [0.2, 0.25) is 0 Å². The van der Waals surface area contributed by atoms with Crippen molar-refractivity contribution < 1.29 is 9.47 Å². The Bertz CT molecular complexity index is 922. The van der Waals surface area contributed by atoms with Crippen LogP contribution in [-0.2, 0) is 13.1 Å². The van der Waals surface area contributed by atoms with Gasteiger partial charge in [-0.05, 0) is 23.3 Å². The topological polar surface area (TPSA) is 83.6 Å². The van der Waals surface area contributed by atoms with Gasteiger partial charge in [0.25, 0.3) is 0 Å². The van der Waals surface area contributed by atoms with Gasteiger partial charge in [0.1, 0.15) is 5.82 Å². The predicted octanol–water partition coefficient (Wildman–Crippen LogP) is 2.96. The first-order valence-corrected chi connectivity index (χ1v) is 8.98. The van der Waals surface area contributed by atoms with Gasteiger partial charge in [0.15, 0.2) is 17.5 Å². The highest BCUT2D eigenvalue weighted by atomic mass is 16.5. The van der Waals surface area contributed by atoms with E-state index in [0.29, 0.717) is 30.5 Å². The number of benzene rings is 2. The van der Waals surface area contributed by atoms with E-state index in [1.165, 1.54) is 0 Å². The lowest BCUT2D eigenvalue weighted by Crippen LogP contribution is -2.36. The zero-order chi connectivity index (χ0) is 19.8. The summed E-state index contributed by atoms with van der Waals surface area (Å²) in [5, 5.41) is 6.55. The molecule has 0 unspecified atom stereocenters. The summed E-state index contributed by atoms with van der Waals surface area (Å²) in [4.78, 5) is 12.0. The Labute approximate surface area is 164 Å². The molecule has 3 aromatic rings. The third-order valence-corrected chi connectivity index (χ3v) is 4.27. The zero-order valence-corrected chi connectivity index (χ0v) is 16.3. The van der Waals surface area contributed by atoms with Crippen LogP contribution in [0.1, 0.15) is 11.4 Å². The smallest absolute Gasteiger partial charge is 0.191 e. The number of nitrogens with one attached hydrogen (secondary N) is 3. The first kappa shape index (κ1) is 19.3. The molecule has 0 radical (unpaired) electrons. The minimum atomic E-state index is 0.540. The molecule has 0 saturated heterocycles. The van der Waals surface area contributed by atoms with Crippen molar-refractivity contribution in [2.75, 3.05) is 21.3 Å². The number of H-pyrrole nitrogens is 1. The Morgan fingerprint density at radius 1 is 1.00 bits per heavy atom.